The number of carbonyl (C=O) groups excluding carboxylic acids is 1. The summed E-state index contributed by atoms with van der Waals surface area (Å²) in [6.45, 7) is 10.8. The number of carbonyl (C=O) groups is 1. The zero-order valence-electron chi connectivity index (χ0n) is 15.9. The molecule has 1 saturated carbocycles. The summed E-state index contributed by atoms with van der Waals surface area (Å²) in [6.07, 6.45) is 5.02. The highest BCUT2D eigenvalue weighted by Crippen LogP contribution is 2.23. The third-order valence-electron chi connectivity index (χ3n) is 6.23. The lowest BCUT2D eigenvalue weighted by atomic mass is 9.86. The normalized spacial score (nSPS) is 30.0. The highest BCUT2D eigenvalue weighted by atomic mass is 16.2. The molecular formula is C21H35N3O+2. The quantitative estimate of drug-likeness (QED) is 0.689. The van der Waals surface area contributed by atoms with Gasteiger partial charge in [-0.15, -0.1) is 0 Å². The van der Waals surface area contributed by atoms with E-state index in [4.69, 9.17) is 0 Å². The van der Waals surface area contributed by atoms with Crippen molar-refractivity contribution < 1.29 is 14.6 Å². The Bertz CT molecular complexity index is 566. The highest BCUT2D eigenvalue weighted by molar-refractivity contribution is 5.77. The van der Waals surface area contributed by atoms with Crippen LogP contribution in [0.25, 0.3) is 0 Å². The Balaban J connectivity index is 1.40. The van der Waals surface area contributed by atoms with Crippen molar-refractivity contribution in [1.82, 2.24) is 5.32 Å². The number of nitrogens with one attached hydrogen (secondary N) is 3. The molecule has 4 heteroatoms. The monoisotopic (exact) mass is 345 g/mol. The van der Waals surface area contributed by atoms with Crippen LogP contribution in [0.4, 0.5) is 0 Å². The second-order valence-corrected chi connectivity index (χ2v) is 8.22. The molecule has 1 aromatic carbocycles. The van der Waals surface area contributed by atoms with E-state index in [1.165, 1.54) is 35.3 Å². The van der Waals surface area contributed by atoms with Gasteiger partial charge < -0.3 is 15.1 Å². The first kappa shape index (κ1) is 18.4. The van der Waals surface area contributed by atoms with Crippen molar-refractivity contribution in [2.24, 2.45) is 5.92 Å². The molecule has 0 aromatic heterocycles. The summed E-state index contributed by atoms with van der Waals surface area (Å²) in [4.78, 5) is 15.5. The molecule has 2 aliphatic rings. The highest BCUT2D eigenvalue weighted by Gasteiger charge is 2.27. The molecular weight excluding hydrogens is 310 g/mol. The summed E-state index contributed by atoms with van der Waals surface area (Å²) in [5, 5.41) is 3.31. The van der Waals surface area contributed by atoms with E-state index >= 15 is 0 Å². The lowest BCUT2D eigenvalue weighted by molar-refractivity contribution is -1.02. The van der Waals surface area contributed by atoms with Crippen molar-refractivity contribution in [3.63, 3.8) is 0 Å². The number of quaternary nitrogens is 2. The fourth-order valence-corrected chi connectivity index (χ4v) is 4.40. The maximum Gasteiger partial charge on any atom is 0.275 e. The van der Waals surface area contributed by atoms with Crippen molar-refractivity contribution in [3.05, 3.63) is 35.4 Å². The zero-order valence-corrected chi connectivity index (χ0v) is 15.9. The second kappa shape index (κ2) is 8.81. The van der Waals surface area contributed by atoms with Crippen LogP contribution in [0.15, 0.2) is 24.3 Å². The number of rotatable bonds is 5. The lowest BCUT2D eigenvalue weighted by Crippen LogP contribution is -3.28. The Morgan fingerprint density at radius 3 is 2.48 bits per heavy atom. The molecule has 1 aliphatic carbocycles. The van der Waals surface area contributed by atoms with Gasteiger partial charge in [-0.2, -0.15) is 0 Å². The molecule has 1 aromatic rings. The van der Waals surface area contributed by atoms with Crippen LogP contribution in [0, 0.1) is 12.8 Å². The van der Waals surface area contributed by atoms with E-state index in [-0.39, 0.29) is 5.91 Å². The number of benzene rings is 1. The zero-order chi connectivity index (χ0) is 17.6. The minimum absolute atomic E-state index is 0.260. The molecule has 1 heterocycles. The fourth-order valence-electron chi connectivity index (χ4n) is 4.40. The van der Waals surface area contributed by atoms with Gasteiger partial charge in [0.1, 0.15) is 32.7 Å². The Morgan fingerprint density at radius 1 is 1.08 bits per heavy atom. The van der Waals surface area contributed by atoms with Crippen LogP contribution in [0.1, 0.15) is 43.7 Å². The van der Waals surface area contributed by atoms with Gasteiger partial charge in [-0.3, -0.25) is 4.79 Å². The van der Waals surface area contributed by atoms with Crippen molar-refractivity contribution >= 4 is 5.91 Å². The Labute approximate surface area is 152 Å². The molecule has 0 bridgehead atoms. The van der Waals surface area contributed by atoms with Crippen LogP contribution in [-0.4, -0.2) is 44.7 Å². The van der Waals surface area contributed by atoms with E-state index in [0.29, 0.717) is 18.5 Å². The van der Waals surface area contributed by atoms with Crippen LogP contribution in [0.5, 0.6) is 0 Å². The van der Waals surface area contributed by atoms with Crippen LogP contribution in [-0.2, 0) is 11.3 Å². The predicted octanol–water partition coefficient (Wildman–Crippen LogP) is -0.0267. The number of hydrogen-bond acceptors (Lipinski definition) is 1. The largest absolute Gasteiger partial charge is 0.348 e. The number of amides is 1. The molecule has 1 amide bonds. The average molecular weight is 346 g/mol. The fraction of sp³-hybridized carbons (Fsp3) is 0.667. The van der Waals surface area contributed by atoms with Crippen LogP contribution in [0.3, 0.4) is 0 Å². The third kappa shape index (κ3) is 5.29. The minimum atomic E-state index is 0.260. The molecule has 0 unspecified atom stereocenters. The maximum absolute atomic E-state index is 12.4. The summed E-state index contributed by atoms with van der Waals surface area (Å²) < 4.78 is 0. The first-order valence-corrected chi connectivity index (χ1v) is 10.1. The van der Waals surface area contributed by atoms with Crippen molar-refractivity contribution in [2.75, 3.05) is 32.7 Å². The molecule has 138 valence electrons. The summed E-state index contributed by atoms with van der Waals surface area (Å²) in [5.41, 5.74) is 2.86. The Kier molecular flexibility index (Phi) is 6.49. The van der Waals surface area contributed by atoms with E-state index in [2.05, 4.69) is 43.4 Å². The molecule has 0 spiro atoms. The standard InChI is InChI=1S/C21H33N3O/c1-17-7-3-5-9-19(17)15-23-11-13-24(14-12-23)16-21(25)22-20-10-6-4-8-18(20)2/h3,5,7,9,18,20H,4,6,8,10-16H2,1-2H3,(H,22,25)/p+2/t18-,20+/m0/s1. The van der Waals surface area contributed by atoms with Gasteiger partial charge >= 0.3 is 0 Å². The first-order valence-electron chi connectivity index (χ1n) is 10.1. The SMILES string of the molecule is Cc1ccccc1C[NH+]1CC[NH+](CC(=O)N[C@@H]2CCCC[C@@H]2C)CC1. The molecule has 2 fully saturated rings. The lowest BCUT2D eigenvalue weighted by Gasteiger charge is -2.32. The average Bonchev–Trinajstić information content (AvgIpc) is 2.61. The summed E-state index contributed by atoms with van der Waals surface area (Å²) >= 11 is 0. The first-order chi connectivity index (χ1) is 12.1. The van der Waals surface area contributed by atoms with Gasteiger partial charge in [0.25, 0.3) is 5.91 Å². The van der Waals surface area contributed by atoms with Gasteiger partial charge in [0, 0.05) is 11.6 Å². The molecule has 1 saturated heterocycles. The van der Waals surface area contributed by atoms with E-state index in [9.17, 15) is 4.79 Å². The van der Waals surface area contributed by atoms with E-state index in [0.717, 1.165) is 39.1 Å². The Morgan fingerprint density at radius 2 is 1.76 bits per heavy atom. The van der Waals surface area contributed by atoms with E-state index < -0.39 is 0 Å². The van der Waals surface area contributed by atoms with Crippen molar-refractivity contribution in [1.29, 1.82) is 0 Å². The third-order valence-corrected chi connectivity index (χ3v) is 6.23. The topological polar surface area (TPSA) is 38.0 Å². The summed E-state index contributed by atoms with van der Waals surface area (Å²) in [6, 6.07) is 9.11. The van der Waals surface area contributed by atoms with Gasteiger partial charge in [0.15, 0.2) is 6.54 Å². The minimum Gasteiger partial charge on any atom is -0.348 e. The van der Waals surface area contributed by atoms with Crippen LogP contribution >= 0.6 is 0 Å². The van der Waals surface area contributed by atoms with E-state index in [1.54, 1.807) is 4.90 Å². The van der Waals surface area contributed by atoms with Crippen molar-refractivity contribution in [3.8, 4) is 0 Å². The molecule has 2 atom stereocenters. The molecule has 3 rings (SSSR count). The number of piperazine rings is 1. The molecule has 4 nitrogen and oxygen atoms in total. The molecule has 25 heavy (non-hydrogen) atoms. The van der Waals surface area contributed by atoms with Gasteiger partial charge in [-0.1, -0.05) is 44.0 Å². The second-order valence-electron chi connectivity index (χ2n) is 8.22. The van der Waals surface area contributed by atoms with Crippen LogP contribution in [0.2, 0.25) is 0 Å². The maximum atomic E-state index is 12.4. The Hall–Kier alpha value is -1.39. The molecule has 0 radical (unpaired) electrons. The van der Waals surface area contributed by atoms with Gasteiger partial charge in [0.05, 0.1) is 0 Å². The van der Waals surface area contributed by atoms with E-state index in [1.807, 2.05) is 0 Å². The summed E-state index contributed by atoms with van der Waals surface area (Å²) in [5.74, 6) is 0.902. The summed E-state index contributed by atoms with van der Waals surface area (Å²) in [7, 11) is 0. The smallest absolute Gasteiger partial charge is 0.275 e. The molecule has 3 N–H and O–H groups in total. The van der Waals surface area contributed by atoms with Crippen LogP contribution < -0.4 is 15.1 Å². The van der Waals surface area contributed by atoms with Gasteiger partial charge in [0.2, 0.25) is 0 Å². The number of hydrogen-bond donors (Lipinski definition) is 3. The molecule has 1 aliphatic heterocycles. The predicted molar refractivity (Wildman–Crippen MR) is 101 cm³/mol. The van der Waals surface area contributed by atoms with Gasteiger partial charge in [-0.05, 0) is 31.2 Å². The van der Waals surface area contributed by atoms with Gasteiger partial charge in [-0.25, -0.2) is 0 Å². The van der Waals surface area contributed by atoms with Crippen molar-refractivity contribution in [2.45, 2.75) is 52.1 Å². The number of aryl methyl sites for hydroxylation is 1.